The highest BCUT2D eigenvalue weighted by Crippen LogP contribution is 2.32. The quantitative estimate of drug-likeness (QED) is 0.372. The number of primary amides is 1. The van der Waals surface area contributed by atoms with Crippen molar-refractivity contribution < 1.29 is 15.0 Å². The number of nitrogens with two attached hydrogens (primary N) is 2. The molecule has 1 aromatic rings. The Labute approximate surface area is 74.6 Å². The topological polar surface area (TPSA) is 110 Å². The number of phenols is 2. The number of carbonyl (C=O) groups is 1. The number of hydrogen-bond acceptors (Lipinski definition) is 4. The van der Waals surface area contributed by atoms with Gasteiger partial charge in [0.1, 0.15) is 17.2 Å². The molecule has 0 bridgehead atoms. The first-order valence-corrected chi connectivity index (χ1v) is 3.60. The standard InChI is InChI=1S/C8H10N2O3/c9-6(12)3-4-1-2-5(11)7(10)8(4)13/h1-2,11,13H,3,10H2,(H2,9,12). The van der Waals surface area contributed by atoms with Gasteiger partial charge in [-0.3, -0.25) is 4.79 Å². The highest BCUT2D eigenvalue weighted by molar-refractivity contribution is 5.79. The molecule has 0 aliphatic heterocycles. The van der Waals surface area contributed by atoms with Gasteiger partial charge in [0.25, 0.3) is 0 Å². The number of amides is 1. The zero-order valence-electron chi connectivity index (χ0n) is 6.82. The van der Waals surface area contributed by atoms with Crippen molar-refractivity contribution in [2.45, 2.75) is 6.42 Å². The number of aromatic hydroxyl groups is 2. The number of carbonyl (C=O) groups excluding carboxylic acids is 1. The number of anilines is 1. The summed E-state index contributed by atoms with van der Waals surface area (Å²) in [7, 11) is 0. The molecule has 6 N–H and O–H groups in total. The van der Waals surface area contributed by atoms with Crippen molar-refractivity contribution in [3.63, 3.8) is 0 Å². The van der Waals surface area contributed by atoms with Gasteiger partial charge in [-0.1, -0.05) is 6.07 Å². The van der Waals surface area contributed by atoms with Gasteiger partial charge in [-0.05, 0) is 6.07 Å². The zero-order chi connectivity index (χ0) is 10.0. The molecule has 1 aromatic carbocycles. The minimum atomic E-state index is -0.569. The minimum absolute atomic E-state index is 0.101. The maximum Gasteiger partial charge on any atom is 0.221 e. The van der Waals surface area contributed by atoms with E-state index in [2.05, 4.69) is 0 Å². The largest absolute Gasteiger partial charge is 0.506 e. The van der Waals surface area contributed by atoms with Gasteiger partial charge < -0.3 is 21.7 Å². The van der Waals surface area contributed by atoms with E-state index < -0.39 is 5.91 Å². The molecule has 5 nitrogen and oxygen atoms in total. The van der Waals surface area contributed by atoms with Crippen LogP contribution in [-0.2, 0) is 11.2 Å². The molecule has 0 radical (unpaired) electrons. The molecule has 70 valence electrons. The Kier molecular flexibility index (Phi) is 2.27. The van der Waals surface area contributed by atoms with Crippen LogP contribution in [0, 0.1) is 0 Å². The van der Waals surface area contributed by atoms with Crippen molar-refractivity contribution in [1.82, 2.24) is 0 Å². The third kappa shape index (κ3) is 1.81. The lowest BCUT2D eigenvalue weighted by Crippen LogP contribution is -2.13. The van der Waals surface area contributed by atoms with E-state index in [0.717, 1.165) is 0 Å². The molecule has 0 aliphatic carbocycles. The molecular formula is C8H10N2O3. The smallest absolute Gasteiger partial charge is 0.221 e. The van der Waals surface area contributed by atoms with Gasteiger partial charge in [-0.15, -0.1) is 0 Å². The monoisotopic (exact) mass is 182 g/mol. The molecule has 0 saturated heterocycles. The third-order valence-corrected chi connectivity index (χ3v) is 1.64. The molecule has 0 fully saturated rings. The molecule has 1 rings (SSSR count). The molecule has 0 unspecified atom stereocenters. The van der Waals surface area contributed by atoms with Crippen LogP contribution in [-0.4, -0.2) is 16.1 Å². The summed E-state index contributed by atoms with van der Waals surface area (Å²) in [5.74, 6) is -1.08. The molecule has 0 saturated carbocycles. The Morgan fingerprint density at radius 1 is 1.38 bits per heavy atom. The summed E-state index contributed by atoms with van der Waals surface area (Å²) in [4.78, 5) is 10.5. The Balaban J connectivity index is 3.10. The van der Waals surface area contributed by atoms with Crippen LogP contribution in [0.5, 0.6) is 11.5 Å². The summed E-state index contributed by atoms with van der Waals surface area (Å²) >= 11 is 0. The lowest BCUT2D eigenvalue weighted by Gasteiger charge is -2.06. The molecule has 0 aliphatic rings. The van der Waals surface area contributed by atoms with Crippen molar-refractivity contribution in [3.05, 3.63) is 17.7 Å². The van der Waals surface area contributed by atoms with Crippen molar-refractivity contribution in [3.8, 4) is 11.5 Å². The van der Waals surface area contributed by atoms with Crippen LogP contribution in [0.3, 0.4) is 0 Å². The summed E-state index contributed by atoms with van der Waals surface area (Å²) in [5, 5.41) is 18.4. The van der Waals surface area contributed by atoms with Crippen molar-refractivity contribution in [2.24, 2.45) is 5.73 Å². The Hall–Kier alpha value is -1.91. The number of nitrogen functional groups attached to an aromatic ring is 1. The fraction of sp³-hybridized carbons (Fsp3) is 0.125. The first-order chi connectivity index (χ1) is 6.02. The van der Waals surface area contributed by atoms with Crippen LogP contribution in [0.2, 0.25) is 0 Å². The highest BCUT2D eigenvalue weighted by Gasteiger charge is 2.10. The lowest BCUT2D eigenvalue weighted by atomic mass is 10.1. The number of rotatable bonds is 2. The van der Waals surface area contributed by atoms with E-state index in [-0.39, 0.29) is 23.6 Å². The summed E-state index contributed by atoms with van der Waals surface area (Å²) in [6, 6.07) is 2.69. The first kappa shape index (κ1) is 9.18. The average Bonchev–Trinajstić information content (AvgIpc) is 2.06. The van der Waals surface area contributed by atoms with E-state index in [9.17, 15) is 9.90 Å². The van der Waals surface area contributed by atoms with Crippen LogP contribution in [0.4, 0.5) is 5.69 Å². The van der Waals surface area contributed by atoms with Crippen LogP contribution >= 0.6 is 0 Å². The summed E-state index contributed by atoms with van der Waals surface area (Å²) < 4.78 is 0. The molecule has 13 heavy (non-hydrogen) atoms. The van der Waals surface area contributed by atoms with Gasteiger partial charge in [-0.25, -0.2) is 0 Å². The predicted molar refractivity (Wildman–Crippen MR) is 47.1 cm³/mol. The number of phenolic OH excluding ortho intramolecular Hbond substituents is 2. The van der Waals surface area contributed by atoms with Crippen molar-refractivity contribution >= 4 is 11.6 Å². The van der Waals surface area contributed by atoms with E-state index in [1.807, 2.05) is 0 Å². The molecule has 0 atom stereocenters. The fourth-order valence-electron chi connectivity index (χ4n) is 0.973. The van der Waals surface area contributed by atoms with E-state index >= 15 is 0 Å². The van der Waals surface area contributed by atoms with E-state index in [1.54, 1.807) is 0 Å². The van der Waals surface area contributed by atoms with Gasteiger partial charge in [-0.2, -0.15) is 0 Å². The summed E-state index contributed by atoms with van der Waals surface area (Å²) in [6.07, 6.45) is -0.101. The van der Waals surface area contributed by atoms with Crippen LogP contribution in [0.25, 0.3) is 0 Å². The van der Waals surface area contributed by atoms with Gasteiger partial charge >= 0.3 is 0 Å². The van der Waals surface area contributed by atoms with Crippen LogP contribution < -0.4 is 11.5 Å². The molecular weight excluding hydrogens is 172 g/mol. The Bertz CT molecular complexity index is 349. The van der Waals surface area contributed by atoms with E-state index in [4.69, 9.17) is 16.6 Å². The van der Waals surface area contributed by atoms with Gasteiger partial charge in [0.15, 0.2) is 0 Å². The SMILES string of the molecule is NC(=O)Cc1ccc(O)c(N)c1O. The number of hydrogen-bond donors (Lipinski definition) is 4. The second kappa shape index (κ2) is 3.22. The zero-order valence-corrected chi connectivity index (χ0v) is 6.82. The van der Waals surface area contributed by atoms with Gasteiger partial charge in [0.05, 0.1) is 6.42 Å². The van der Waals surface area contributed by atoms with Gasteiger partial charge in [0.2, 0.25) is 5.91 Å². The maximum atomic E-state index is 10.5. The van der Waals surface area contributed by atoms with E-state index in [0.29, 0.717) is 5.56 Å². The predicted octanol–water partition coefficient (Wildman–Crippen LogP) is -0.292. The maximum absolute atomic E-state index is 10.5. The highest BCUT2D eigenvalue weighted by atomic mass is 16.3. The Morgan fingerprint density at radius 3 is 2.54 bits per heavy atom. The third-order valence-electron chi connectivity index (χ3n) is 1.64. The minimum Gasteiger partial charge on any atom is -0.506 e. The first-order valence-electron chi connectivity index (χ1n) is 3.60. The Morgan fingerprint density at radius 2 is 2.00 bits per heavy atom. The molecule has 0 aromatic heterocycles. The lowest BCUT2D eigenvalue weighted by molar-refractivity contribution is -0.117. The summed E-state index contributed by atoms with van der Waals surface area (Å²) in [5.41, 5.74) is 10.4. The molecule has 0 spiro atoms. The second-order valence-electron chi connectivity index (χ2n) is 2.65. The van der Waals surface area contributed by atoms with Gasteiger partial charge in [0, 0.05) is 5.56 Å². The van der Waals surface area contributed by atoms with Crippen LogP contribution in [0.1, 0.15) is 5.56 Å². The normalized spacial score (nSPS) is 9.85. The number of benzene rings is 1. The van der Waals surface area contributed by atoms with Crippen molar-refractivity contribution in [2.75, 3.05) is 5.73 Å². The van der Waals surface area contributed by atoms with Crippen LogP contribution in [0.15, 0.2) is 12.1 Å². The molecule has 1 amide bonds. The molecule has 0 heterocycles. The fourth-order valence-corrected chi connectivity index (χ4v) is 0.973. The average molecular weight is 182 g/mol. The van der Waals surface area contributed by atoms with Crippen molar-refractivity contribution in [1.29, 1.82) is 0 Å². The second-order valence-corrected chi connectivity index (χ2v) is 2.65. The van der Waals surface area contributed by atoms with E-state index in [1.165, 1.54) is 12.1 Å². The molecule has 5 heteroatoms. The summed E-state index contributed by atoms with van der Waals surface area (Å²) in [6.45, 7) is 0.